The maximum absolute atomic E-state index is 5.87. The quantitative estimate of drug-likeness (QED) is 0.803. The summed E-state index contributed by atoms with van der Waals surface area (Å²) in [7, 11) is 1.60. The fourth-order valence-electron chi connectivity index (χ4n) is 2.03. The maximum Gasteiger partial charge on any atom is 0.257 e. The summed E-state index contributed by atoms with van der Waals surface area (Å²) in [5.41, 5.74) is 5.87. The average molecular weight is 222 g/mol. The Hall–Kier alpha value is -1.36. The molecule has 0 aliphatic heterocycles. The van der Waals surface area contributed by atoms with E-state index in [4.69, 9.17) is 10.5 Å². The van der Waals surface area contributed by atoms with Crippen molar-refractivity contribution >= 4 is 5.82 Å². The number of hydrogen-bond acceptors (Lipinski definition) is 5. The molecule has 88 valence electrons. The first-order valence-electron chi connectivity index (χ1n) is 5.66. The summed E-state index contributed by atoms with van der Waals surface area (Å²) in [5.74, 6) is 1.28. The highest BCUT2D eigenvalue weighted by Gasteiger charge is 2.19. The van der Waals surface area contributed by atoms with Gasteiger partial charge >= 0.3 is 0 Å². The van der Waals surface area contributed by atoms with Crippen LogP contribution < -0.4 is 15.8 Å². The number of anilines is 1. The SMILES string of the molecule is COc1nccnc1NC1CCC(N)CC1. The molecule has 16 heavy (non-hydrogen) atoms. The molecule has 3 N–H and O–H groups in total. The number of nitrogens with zero attached hydrogens (tertiary/aromatic N) is 2. The minimum atomic E-state index is 0.363. The standard InChI is InChI=1S/C11H18N4O/c1-16-11-10(13-6-7-14-11)15-9-4-2-8(12)3-5-9/h6-9H,2-5,12H2,1H3,(H,13,15). The molecule has 0 saturated heterocycles. The first-order chi connectivity index (χ1) is 7.79. The smallest absolute Gasteiger partial charge is 0.257 e. The molecule has 1 heterocycles. The third kappa shape index (κ3) is 2.61. The van der Waals surface area contributed by atoms with Gasteiger partial charge in [0.25, 0.3) is 5.88 Å². The predicted molar refractivity (Wildman–Crippen MR) is 62.4 cm³/mol. The lowest BCUT2D eigenvalue weighted by Crippen LogP contribution is -2.33. The van der Waals surface area contributed by atoms with Crippen molar-refractivity contribution in [2.24, 2.45) is 5.73 Å². The normalized spacial score (nSPS) is 25.1. The van der Waals surface area contributed by atoms with E-state index in [1.807, 2.05) is 0 Å². The van der Waals surface area contributed by atoms with Crippen LogP contribution in [0.25, 0.3) is 0 Å². The molecule has 0 spiro atoms. The second-order valence-corrected chi connectivity index (χ2v) is 4.17. The van der Waals surface area contributed by atoms with Crippen molar-refractivity contribution in [1.82, 2.24) is 9.97 Å². The molecule has 2 rings (SSSR count). The highest BCUT2D eigenvalue weighted by atomic mass is 16.5. The Morgan fingerprint density at radius 1 is 1.25 bits per heavy atom. The first kappa shape index (κ1) is 11.1. The highest BCUT2D eigenvalue weighted by Crippen LogP contribution is 2.23. The van der Waals surface area contributed by atoms with Gasteiger partial charge in [0.15, 0.2) is 5.82 Å². The predicted octanol–water partition coefficient (Wildman–Crippen LogP) is 1.17. The summed E-state index contributed by atoms with van der Waals surface area (Å²) >= 11 is 0. The van der Waals surface area contributed by atoms with Crippen LogP contribution in [-0.2, 0) is 0 Å². The van der Waals surface area contributed by atoms with E-state index < -0.39 is 0 Å². The molecule has 0 bridgehead atoms. The number of nitrogens with two attached hydrogens (primary N) is 1. The molecule has 1 aromatic rings. The number of rotatable bonds is 3. The molecule has 0 aromatic carbocycles. The largest absolute Gasteiger partial charge is 0.478 e. The van der Waals surface area contributed by atoms with Crippen molar-refractivity contribution in [2.75, 3.05) is 12.4 Å². The molecule has 1 aliphatic rings. The summed E-state index contributed by atoms with van der Waals surface area (Å²) in [6, 6.07) is 0.798. The summed E-state index contributed by atoms with van der Waals surface area (Å²) < 4.78 is 5.15. The van der Waals surface area contributed by atoms with Gasteiger partial charge in [-0.3, -0.25) is 0 Å². The third-order valence-electron chi connectivity index (χ3n) is 2.97. The second kappa shape index (κ2) is 5.12. The summed E-state index contributed by atoms with van der Waals surface area (Å²) in [4.78, 5) is 8.34. The lowest BCUT2D eigenvalue weighted by molar-refractivity contribution is 0.389. The average Bonchev–Trinajstić information content (AvgIpc) is 2.33. The Labute approximate surface area is 95.4 Å². The Bertz CT molecular complexity index is 337. The van der Waals surface area contributed by atoms with Crippen LogP contribution in [0.15, 0.2) is 12.4 Å². The molecule has 1 fully saturated rings. The van der Waals surface area contributed by atoms with Crippen molar-refractivity contribution in [3.05, 3.63) is 12.4 Å². The van der Waals surface area contributed by atoms with E-state index in [9.17, 15) is 0 Å². The van der Waals surface area contributed by atoms with Gasteiger partial charge in [-0.2, -0.15) is 0 Å². The number of aromatic nitrogens is 2. The maximum atomic E-state index is 5.87. The van der Waals surface area contributed by atoms with Crippen LogP contribution in [0.4, 0.5) is 5.82 Å². The van der Waals surface area contributed by atoms with E-state index in [1.54, 1.807) is 19.5 Å². The molecule has 0 unspecified atom stereocenters. The van der Waals surface area contributed by atoms with Gasteiger partial charge in [-0.1, -0.05) is 0 Å². The zero-order chi connectivity index (χ0) is 11.4. The monoisotopic (exact) mass is 222 g/mol. The Morgan fingerprint density at radius 2 is 1.94 bits per heavy atom. The fourth-order valence-corrected chi connectivity index (χ4v) is 2.03. The Balaban J connectivity index is 1.98. The number of nitrogens with one attached hydrogen (secondary N) is 1. The van der Waals surface area contributed by atoms with Gasteiger partial charge in [0, 0.05) is 24.5 Å². The van der Waals surface area contributed by atoms with Crippen LogP contribution >= 0.6 is 0 Å². The fraction of sp³-hybridized carbons (Fsp3) is 0.636. The van der Waals surface area contributed by atoms with Crippen LogP contribution in [0, 0.1) is 0 Å². The van der Waals surface area contributed by atoms with E-state index in [-0.39, 0.29) is 0 Å². The first-order valence-corrected chi connectivity index (χ1v) is 5.66. The summed E-state index contributed by atoms with van der Waals surface area (Å²) in [5, 5.41) is 3.37. The van der Waals surface area contributed by atoms with Gasteiger partial charge in [-0.25, -0.2) is 9.97 Å². The topological polar surface area (TPSA) is 73.1 Å². The van der Waals surface area contributed by atoms with Crippen LogP contribution in [0.2, 0.25) is 0 Å². The second-order valence-electron chi connectivity index (χ2n) is 4.17. The number of methoxy groups -OCH3 is 1. The van der Waals surface area contributed by atoms with Gasteiger partial charge in [-0.05, 0) is 25.7 Å². The number of hydrogen-bond donors (Lipinski definition) is 2. The molecule has 1 aliphatic carbocycles. The molecule has 0 atom stereocenters. The van der Waals surface area contributed by atoms with Gasteiger partial charge < -0.3 is 15.8 Å². The van der Waals surface area contributed by atoms with E-state index in [0.717, 1.165) is 31.5 Å². The Morgan fingerprint density at radius 3 is 2.62 bits per heavy atom. The summed E-state index contributed by atoms with van der Waals surface area (Å²) in [6.45, 7) is 0. The molecule has 5 heteroatoms. The lowest BCUT2D eigenvalue weighted by atomic mass is 9.92. The van der Waals surface area contributed by atoms with Crippen molar-refractivity contribution in [3.8, 4) is 5.88 Å². The Kier molecular flexibility index (Phi) is 3.56. The van der Waals surface area contributed by atoms with Crippen LogP contribution in [0.3, 0.4) is 0 Å². The van der Waals surface area contributed by atoms with Gasteiger partial charge in [0.2, 0.25) is 0 Å². The van der Waals surface area contributed by atoms with Gasteiger partial charge in [-0.15, -0.1) is 0 Å². The van der Waals surface area contributed by atoms with Crippen LogP contribution in [0.1, 0.15) is 25.7 Å². The van der Waals surface area contributed by atoms with E-state index in [1.165, 1.54) is 0 Å². The van der Waals surface area contributed by atoms with Crippen LogP contribution in [0.5, 0.6) is 5.88 Å². The minimum absolute atomic E-state index is 0.363. The van der Waals surface area contributed by atoms with Crippen molar-refractivity contribution in [2.45, 2.75) is 37.8 Å². The molecular formula is C11H18N4O. The van der Waals surface area contributed by atoms with Crippen molar-refractivity contribution in [3.63, 3.8) is 0 Å². The zero-order valence-corrected chi connectivity index (χ0v) is 9.52. The van der Waals surface area contributed by atoms with E-state index in [2.05, 4.69) is 15.3 Å². The molecule has 0 amide bonds. The molecule has 0 radical (unpaired) electrons. The molecule has 5 nitrogen and oxygen atoms in total. The zero-order valence-electron chi connectivity index (χ0n) is 9.52. The van der Waals surface area contributed by atoms with Crippen molar-refractivity contribution in [1.29, 1.82) is 0 Å². The minimum Gasteiger partial charge on any atom is -0.478 e. The van der Waals surface area contributed by atoms with Gasteiger partial charge in [0.05, 0.1) is 7.11 Å². The van der Waals surface area contributed by atoms with Gasteiger partial charge in [0.1, 0.15) is 0 Å². The molecule has 1 aromatic heterocycles. The van der Waals surface area contributed by atoms with Crippen molar-refractivity contribution < 1.29 is 4.74 Å². The molecule has 1 saturated carbocycles. The number of ether oxygens (including phenoxy) is 1. The highest BCUT2D eigenvalue weighted by molar-refractivity contribution is 5.45. The van der Waals surface area contributed by atoms with E-state index in [0.29, 0.717) is 18.0 Å². The third-order valence-corrected chi connectivity index (χ3v) is 2.97. The summed E-state index contributed by atoms with van der Waals surface area (Å²) in [6.07, 6.45) is 7.60. The molecular weight excluding hydrogens is 204 g/mol. The van der Waals surface area contributed by atoms with E-state index >= 15 is 0 Å². The van der Waals surface area contributed by atoms with Crippen LogP contribution in [-0.4, -0.2) is 29.2 Å². The lowest BCUT2D eigenvalue weighted by Gasteiger charge is -2.27.